The first kappa shape index (κ1) is 25.4. The highest BCUT2D eigenvalue weighted by molar-refractivity contribution is 5.84. The summed E-state index contributed by atoms with van der Waals surface area (Å²) in [5.74, 6) is 1.58. The summed E-state index contributed by atoms with van der Waals surface area (Å²) < 4.78 is 1.78. The fourth-order valence-corrected chi connectivity index (χ4v) is 5.06. The van der Waals surface area contributed by atoms with Crippen LogP contribution < -0.4 is 4.90 Å². The molecule has 8 heteroatoms. The predicted octanol–water partition coefficient (Wildman–Crippen LogP) is 5.31. The van der Waals surface area contributed by atoms with Crippen molar-refractivity contribution in [1.29, 1.82) is 10.5 Å². The molecule has 0 atom stereocenters. The van der Waals surface area contributed by atoms with Crippen LogP contribution in [0.4, 0.5) is 5.82 Å². The van der Waals surface area contributed by atoms with E-state index in [0.29, 0.717) is 11.5 Å². The van der Waals surface area contributed by atoms with Crippen LogP contribution in [0.2, 0.25) is 0 Å². The van der Waals surface area contributed by atoms with Gasteiger partial charge < -0.3 is 4.90 Å². The van der Waals surface area contributed by atoms with Crippen LogP contribution in [0.15, 0.2) is 48.9 Å². The lowest BCUT2D eigenvalue weighted by atomic mass is 9.88. The first-order chi connectivity index (χ1) is 18.3. The Labute approximate surface area is 223 Å². The van der Waals surface area contributed by atoms with E-state index in [-0.39, 0.29) is 0 Å². The molecule has 1 aliphatic rings. The van der Waals surface area contributed by atoms with Crippen molar-refractivity contribution < 1.29 is 0 Å². The summed E-state index contributed by atoms with van der Waals surface area (Å²) in [6, 6.07) is 15.0. The van der Waals surface area contributed by atoms with Gasteiger partial charge in [-0.1, -0.05) is 0 Å². The number of aryl methyl sites for hydroxylation is 2. The summed E-state index contributed by atoms with van der Waals surface area (Å²) >= 11 is 0. The number of pyridine rings is 2. The maximum absolute atomic E-state index is 9.68. The summed E-state index contributed by atoms with van der Waals surface area (Å²) in [4.78, 5) is 7.16. The van der Waals surface area contributed by atoms with E-state index >= 15 is 0 Å². The molecule has 4 aromatic rings. The Hall–Kier alpha value is -4.30. The van der Waals surface area contributed by atoms with Crippen molar-refractivity contribution in [2.75, 3.05) is 18.0 Å². The monoisotopic (exact) mass is 504 g/mol. The molecule has 0 saturated carbocycles. The van der Waals surface area contributed by atoms with Crippen molar-refractivity contribution in [3.8, 4) is 23.3 Å². The van der Waals surface area contributed by atoms with Gasteiger partial charge in [-0.2, -0.15) is 25.8 Å². The topological polar surface area (TPSA) is 107 Å². The molecule has 4 aromatic heterocycles. The molecule has 5 rings (SSSR count). The van der Waals surface area contributed by atoms with E-state index in [0.717, 1.165) is 84.6 Å². The fourth-order valence-electron chi connectivity index (χ4n) is 5.06. The van der Waals surface area contributed by atoms with Crippen molar-refractivity contribution >= 4 is 11.3 Å². The molecule has 0 radical (unpaired) electrons. The number of hydrogen-bond acceptors (Lipinski definition) is 7. The third kappa shape index (κ3) is 5.50. The Kier molecular flexibility index (Phi) is 7.07. The van der Waals surface area contributed by atoms with Crippen LogP contribution in [0.3, 0.4) is 0 Å². The molecule has 0 spiro atoms. The smallest absolute Gasteiger partial charge is 0.128 e. The molecule has 0 aliphatic carbocycles. The van der Waals surface area contributed by atoms with E-state index in [1.54, 1.807) is 10.7 Å². The zero-order valence-corrected chi connectivity index (χ0v) is 22.2. The van der Waals surface area contributed by atoms with Crippen LogP contribution in [0, 0.1) is 40.9 Å². The van der Waals surface area contributed by atoms with E-state index in [4.69, 9.17) is 4.98 Å². The van der Waals surface area contributed by atoms with E-state index in [1.807, 2.05) is 39.2 Å². The average Bonchev–Trinajstić information content (AvgIpc) is 3.36. The first-order valence-corrected chi connectivity index (χ1v) is 13.2. The van der Waals surface area contributed by atoms with Gasteiger partial charge in [-0.05, 0) is 94.7 Å². The molecule has 0 unspecified atom stereocenters. The van der Waals surface area contributed by atoms with Crippen LogP contribution >= 0.6 is 0 Å². The van der Waals surface area contributed by atoms with Gasteiger partial charge >= 0.3 is 0 Å². The normalized spacial score (nSPS) is 14.4. The second-order valence-corrected chi connectivity index (χ2v) is 10.9. The highest BCUT2D eigenvalue weighted by Crippen LogP contribution is 2.31. The highest BCUT2D eigenvalue weighted by atomic mass is 15.2. The standard InChI is InChI=1S/C30H32N8/c1-21-4-6-26(36-35-21)14-22-9-12-37(13-10-22)28-7-5-24(17-33-28)27-15-23(8-11-30(2,3)20-32)19-38-29(27)25(16-31)18-34-38/h4-7,15,17-19,22H,8-14H2,1-3H3. The van der Waals surface area contributed by atoms with Gasteiger partial charge in [0.1, 0.15) is 11.9 Å². The number of nitrogens with zero attached hydrogens (tertiary/aromatic N) is 8. The van der Waals surface area contributed by atoms with E-state index in [9.17, 15) is 10.5 Å². The number of fused-ring (bicyclic) bond motifs is 1. The molecule has 0 aromatic carbocycles. The largest absolute Gasteiger partial charge is 0.357 e. The van der Waals surface area contributed by atoms with Gasteiger partial charge in [-0.3, -0.25) is 0 Å². The predicted molar refractivity (Wildman–Crippen MR) is 146 cm³/mol. The molecule has 1 saturated heterocycles. The molecule has 0 amide bonds. The number of hydrogen-bond donors (Lipinski definition) is 0. The van der Waals surface area contributed by atoms with Crippen LogP contribution in [-0.4, -0.2) is 37.9 Å². The van der Waals surface area contributed by atoms with Gasteiger partial charge in [0.05, 0.1) is 40.1 Å². The minimum atomic E-state index is -0.402. The number of rotatable bonds is 7. The van der Waals surface area contributed by atoms with E-state index in [2.05, 4.69) is 56.6 Å². The molecule has 1 aliphatic heterocycles. The molecule has 192 valence electrons. The van der Waals surface area contributed by atoms with Crippen molar-refractivity contribution in [2.24, 2.45) is 11.3 Å². The van der Waals surface area contributed by atoms with Gasteiger partial charge in [-0.15, -0.1) is 0 Å². The molecule has 8 nitrogen and oxygen atoms in total. The second kappa shape index (κ2) is 10.6. The molecule has 5 heterocycles. The molecular formula is C30H32N8. The van der Waals surface area contributed by atoms with Gasteiger partial charge in [0, 0.05) is 36.6 Å². The summed E-state index contributed by atoms with van der Waals surface area (Å²) in [5, 5.41) is 32.0. The van der Waals surface area contributed by atoms with Gasteiger partial charge in [0.2, 0.25) is 0 Å². The number of aromatic nitrogens is 5. The minimum Gasteiger partial charge on any atom is -0.357 e. The second-order valence-electron chi connectivity index (χ2n) is 10.9. The van der Waals surface area contributed by atoms with Gasteiger partial charge in [0.25, 0.3) is 0 Å². The summed E-state index contributed by atoms with van der Waals surface area (Å²) in [6.07, 6.45) is 10.1. The molecule has 0 bridgehead atoms. The summed E-state index contributed by atoms with van der Waals surface area (Å²) in [6.45, 7) is 7.80. The van der Waals surface area contributed by atoms with Crippen LogP contribution in [0.1, 0.15) is 55.6 Å². The van der Waals surface area contributed by atoms with Crippen molar-refractivity contribution in [2.45, 2.75) is 52.9 Å². The van der Waals surface area contributed by atoms with E-state index < -0.39 is 5.41 Å². The maximum atomic E-state index is 9.68. The van der Waals surface area contributed by atoms with Crippen LogP contribution in [-0.2, 0) is 12.8 Å². The maximum Gasteiger partial charge on any atom is 0.128 e. The molecule has 38 heavy (non-hydrogen) atoms. The lowest BCUT2D eigenvalue weighted by Gasteiger charge is -2.32. The fraction of sp³-hybridized carbons (Fsp3) is 0.400. The summed E-state index contributed by atoms with van der Waals surface area (Å²) in [7, 11) is 0. The lowest BCUT2D eigenvalue weighted by Crippen LogP contribution is -2.34. The third-order valence-electron chi connectivity index (χ3n) is 7.48. The van der Waals surface area contributed by atoms with Gasteiger partial charge in [-0.25, -0.2) is 9.50 Å². The van der Waals surface area contributed by atoms with Crippen molar-refractivity contribution in [3.63, 3.8) is 0 Å². The van der Waals surface area contributed by atoms with Crippen molar-refractivity contribution in [3.05, 3.63) is 71.4 Å². The number of piperidine rings is 1. The first-order valence-electron chi connectivity index (χ1n) is 13.2. The minimum absolute atomic E-state index is 0.402. The quantitative estimate of drug-likeness (QED) is 0.336. The number of nitriles is 2. The van der Waals surface area contributed by atoms with Crippen LogP contribution in [0.5, 0.6) is 0 Å². The van der Waals surface area contributed by atoms with Crippen LogP contribution in [0.25, 0.3) is 16.6 Å². The SMILES string of the molecule is Cc1ccc(CC2CCN(c3ccc(-c4cc(CCC(C)(C)C#N)cn5ncc(C#N)c45)cn3)CC2)nn1. The Morgan fingerprint density at radius 2 is 1.87 bits per heavy atom. The Balaban J connectivity index is 1.32. The van der Waals surface area contributed by atoms with E-state index in [1.165, 1.54) is 0 Å². The third-order valence-corrected chi connectivity index (χ3v) is 7.48. The van der Waals surface area contributed by atoms with Gasteiger partial charge in [0.15, 0.2) is 0 Å². The Bertz CT molecular complexity index is 1500. The Morgan fingerprint density at radius 3 is 2.53 bits per heavy atom. The lowest BCUT2D eigenvalue weighted by molar-refractivity contribution is 0.398. The highest BCUT2D eigenvalue weighted by Gasteiger charge is 2.22. The average molecular weight is 505 g/mol. The molecule has 0 N–H and O–H groups in total. The number of anilines is 1. The molecule has 1 fully saturated rings. The van der Waals surface area contributed by atoms with Crippen molar-refractivity contribution in [1.82, 2.24) is 24.8 Å². The molecular weight excluding hydrogens is 472 g/mol. The zero-order chi connectivity index (χ0) is 26.7. The summed E-state index contributed by atoms with van der Waals surface area (Å²) in [5.41, 5.74) is 5.89. The Morgan fingerprint density at radius 1 is 1.05 bits per heavy atom. The zero-order valence-electron chi connectivity index (χ0n) is 22.2.